The van der Waals surface area contributed by atoms with E-state index in [9.17, 15) is 4.79 Å². The standard InChI is InChI=1S/C13H12BrN3O/c14-12-2-1-11(9-17-12)13(18)16-8-5-10-3-6-15-7-4-10/h1-4,6-7,9H,5,8H2,(H,16,18). The van der Waals surface area contributed by atoms with Crippen LogP contribution in [0.4, 0.5) is 0 Å². The fourth-order valence-corrected chi connectivity index (χ4v) is 1.72. The third-order valence-electron chi connectivity index (χ3n) is 2.44. The summed E-state index contributed by atoms with van der Waals surface area (Å²) in [5.41, 5.74) is 1.71. The molecule has 4 nitrogen and oxygen atoms in total. The molecular weight excluding hydrogens is 294 g/mol. The first-order valence-electron chi connectivity index (χ1n) is 5.54. The fourth-order valence-electron chi connectivity index (χ4n) is 1.48. The van der Waals surface area contributed by atoms with Crippen LogP contribution in [0, 0.1) is 0 Å². The van der Waals surface area contributed by atoms with E-state index in [1.807, 2.05) is 12.1 Å². The number of hydrogen-bond donors (Lipinski definition) is 1. The molecule has 5 heteroatoms. The van der Waals surface area contributed by atoms with Crippen LogP contribution in [-0.2, 0) is 6.42 Å². The second-order valence-electron chi connectivity index (χ2n) is 3.73. The Morgan fingerprint density at radius 3 is 2.67 bits per heavy atom. The number of hydrogen-bond acceptors (Lipinski definition) is 3. The summed E-state index contributed by atoms with van der Waals surface area (Å²) in [6, 6.07) is 7.36. The van der Waals surface area contributed by atoms with Crippen molar-refractivity contribution in [3.05, 3.63) is 58.6 Å². The SMILES string of the molecule is O=C(NCCc1ccncc1)c1ccc(Br)nc1. The minimum atomic E-state index is -0.107. The monoisotopic (exact) mass is 305 g/mol. The lowest BCUT2D eigenvalue weighted by Crippen LogP contribution is -2.25. The van der Waals surface area contributed by atoms with E-state index in [2.05, 4.69) is 31.2 Å². The summed E-state index contributed by atoms with van der Waals surface area (Å²) in [5.74, 6) is -0.107. The molecular formula is C13H12BrN3O. The number of carbonyl (C=O) groups is 1. The van der Waals surface area contributed by atoms with E-state index in [4.69, 9.17) is 0 Å². The van der Waals surface area contributed by atoms with Gasteiger partial charge in [-0.3, -0.25) is 9.78 Å². The quantitative estimate of drug-likeness (QED) is 0.881. The molecule has 0 aliphatic carbocycles. The van der Waals surface area contributed by atoms with Crippen LogP contribution in [0.3, 0.4) is 0 Å². The van der Waals surface area contributed by atoms with Gasteiger partial charge in [-0.05, 0) is 52.2 Å². The summed E-state index contributed by atoms with van der Waals surface area (Å²) >= 11 is 3.23. The van der Waals surface area contributed by atoms with Gasteiger partial charge in [-0.15, -0.1) is 0 Å². The molecule has 2 aromatic heterocycles. The predicted molar refractivity (Wildman–Crippen MR) is 72.2 cm³/mol. The minimum Gasteiger partial charge on any atom is -0.352 e. The zero-order chi connectivity index (χ0) is 12.8. The predicted octanol–water partition coefficient (Wildman–Crippen LogP) is 2.21. The second kappa shape index (κ2) is 6.26. The van der Waals surface area contributed by atoms with Crippen LogP contribution in [0.5, 0.6) is 0 Å². The largest absolute Gasteiger partial charge is 0.352 e. The van der Waals surface area contributed by atoms with Gasteiger partial charge in [0.1, 0.15) is 4.60 Å². The van der Waals surface area contributed by atoms with Crippen LogP contribution < -0.4 is 5.32 Å². The third-order valence-corrected chi connectivity index (χ3v) is 2.91. The summed E-state index contributed by atoms with van der Waals surface area (Å²) in [5, 5.41) is 2.85. The third kappa shape index (κ3) is 3.63. The first-order chi connectivity index (χ1) is 8.75. The van der Waals surface area contributed by atoms with Crippen molar-refractivity contribution in [2.75, 3.05) is 6.54 Å². The Morgan fingerprint density at radius 1 is 1.22 bits per heavy atom. The van der Waals surface area contributed by atoms with Crippen LogP contribution in [0.15, 0.2) is 47.5 Å². The minimum absolute atomic E-state index is 0.107. The molecule has 2 heterocycles. The average molecular weight is 306 g/mol. The Hall–Kier alpha value is -1.75. The van der Waals surface area contributed by atoms with E-state index in [1.165, 1.54) is 0 Å². The topological polar surface area (TPSA) is 54.9 Å². The number of nitrogens with one attached hydrogen (secondary N) is 1. The van der Waals surface area contributed by atoms with Gasteiger partial charge >= 0.3 is 0 Å². The Bertz CT molecular complexity index is 514. The molecule has 0 spiro atoms. The molecule has 0 atom stereocenters. The molecule has 0 aromatic carbocycles. The Labute approximate surface area is 114 Å². The zero-order valence-electron chi connectivity index (χ0n) is 9.64. The molecule has 18 heavy (non-hydrogen) atoms. The first-order valence-corrected chi connectivity index (χ1v) is 6.33. The van der Waals surface area contributed by atoms with Crippen LogP contribution in [0.25, 0.3) is 0 Å². The van der Waals surface area contributed by atoms with E-state index in [0.717, 1.165) is 16.6 Å². The van der Waals surface area contributed by atoms with E-state index < -0.39 is 0 Å². The van der Waals surface area contributed by atoms with Crippen molar-refractivity contribution < 1.29 is 4.79 Å². The molecule has 2 rings (SSSR count). The van der Waals surface area contributed by atoms with Crippen molar-refractivity contribution in [2.45, 2.75) is 6.42 Å². The van der Waals surface area contributed by atoms with Gasteiger partial charge in [0.25, 0.3) is 5.91 Å². The van der Waals surface area contributed by atoms with Gasteiger partial charge in [-0.2, -0.15) is 0 Å². The van der Waals surface area contributed by atoms with Crippen LogP contribution in [-0.4, -0.2) is 22.4 Å². The number of amides is 1. The Balaban J connectivity index is 1.84. The van der Waals surface area contributed by atoms with Crippen molar-refractivity contribution in [3.63, 3.8) is 0 Å². The summed E-state index contributed by atoms with van der Waals surface area (Å²) in [6.07, 6.45) is 5.83. The molecule has 0 aliphatic heterocycles. The molecule has 0 fully saturated rings. The second-order valence-corrected chi connectivity index (χ2v) is 4.54. The van der Waals surface area contributed by atoms with Gasteiger partial charge in [0.05, 0.1) is 5.56 Å². The number of pyridine rings is 2. The van der Waals surface area contributed by atoms with Crippen molar-refractivity contribution in [1.29, 1.82) is 0 Å². The van der Waals surface area contributed by atoms with Gasteiger partial charge in [0.2, 0.25) is 0 Å². The van der Waals surface area contributed by atoms with Crippen molar-refractivity contribution in [3.8, 4) is 0 Å². The molecule has 92 valence electrons. The number of halogens is 1. The molecule has 0 saturated carbocycles. The van der Waals surface area contributed by atoms with Gasteiger partial charge in [-0.1, -0.05) is 0 Å². The van der Waals surface area contributed by atoms with Crippen LogP contribution >= 0.6 is 15.9 Å². The normalized spacial score (nSPS) is 10.1. The van der Waals surface area contributed by atoms with E-state index in [0.29, 0.717) is 12.1 Å². The summed E-state index contributed by atoms with van der Waals surface area (Å²) in [6.45, 7) is 0.596. The highest BCUT2D eigenvalue weighted by atomic mass is 79.9. The highest BCUT2D eigenvalue weighted by Crippen LogP contribution is 2.06. The molecule has 1 N–H and O–H groups in total. The van der Waals surface area contributed by atoms with E-state index in [-0.39, 0.29) is 5.91 Å². The summed E-state index contributed by atoms with van der Waals surface area (Å²) in [4.78, 5) is 19.7. The summed E-state index contributed by atoms with van der Waals surface area (Å²) < 4.78 is 0.718. The lowest BCUT2D eigenvalue weighted by molar-refractivity contribution is 0.0954. The molecule has 0 aliphatic rings. The zero-order valence-corrected chi connectivity index (χ0v) is 11.2. The molecule has 0 bridgehead atoms. The molecule has 1 amide bonds. The maximum absolute atomic E-state index is 11.8. The lowest BCUT2D eigenvalue weighted by Gasteiger charge is -2.05. The lowest BCUT2D eigenvalue weighted by atomic mass is 10.2. The van der Waals surface area contributed by atoms with Crippen LogP contribution in [0.1, 0.15) is 15.9 Å². The van der Waals surface area contributed by atoms with E-state index >= 15 is 0 Å². The van der Waals surface area contributed by atoms with Gasteiger partial charge in [0.15, 0.2) is 0 Å². The molecule has 2 aromatic rings. The van der Waals surface area contributed by atoms with Crippen LogP contribution in [0.2, 0.25) is 0 Å². The Morgan fingerprint density at radius 2 is 2.00 bits per heavy atom. The maximum Gasteiger partial charge on any atom is 0.252 e. The van der Waals surface area contributed by atoms with Crippen molar-refractivity contribution >= 4 is 21.8 Å². The smallest absolute Gasteiger partial charge is 0.252 e. The van der Waals surface area contributed by atoms with E-state index in [1.54, 1.807) is 30.7 Å². The first kappa shape index (κ1) is 12.7. The Kier molecular flexibility index (Phi) is 4.41. The van der Waals surface area contributed by atoms with Gasteiger partial charge in [-0.25, -0.2) is 4.98 Å². The molecule has 0 radical (unpaired) electrons. The number of carbonyl (C=O) groups excluding carboxylic acids is 1. The maximum atomic E-state index is 11.8. The van der Waals surface area contributed by atoms with Gasteiger partial charge in [0, 0.05) is 25.1 Å². The number of nitrogens with zero attached hydrogens (tertiary/aromatic N) is 2. The summed E-state index contributed by atoms with van der Waals surface area (Å²) in [7, 11) is 0. The highest BCUT2D eigenvalue weighted by Gasteiger charge is 2.04. The van der Waals surface area contributed by atoms with Crippen molar-refractivity contribution in [1.82, 2.24) is 15.3 Å². The highest BCUT2D eigenvalue weighted by molar-refractivity contribution is 9.10. The average Bonchev–Trinajstić information content (AvgIpc) is 2.40. The molecule has 0 unspecified atom stereocenters. The number of aromatic nitrogens is 2. The number of rotatable bonds is 4. The van der Waals surface area contributed by atoms with Gasteiger partial charge < -0.3 is 5.32 Å². The molecule has 0 saturated heterocycles. The van der Waals surface area contributed by atoms with Crippen molar-refractivity contribution in [2.24, 2.45) is 0 Å². The fraction of sp³-hybridized carbons (Fsp3) is 0.154.